The maximum Gasteiger partial charge on any atom is 0.573 e. The van der Waals surface area contributed by atoms with Crippen molar-refractivity contribution in [2.75, 3.05) is 13.1 Å². The number of carbonyl (C=O) groups excluding carboxylic acids is 1. The van der Waals surface area contributed by atoms with Gasteiger partial charge >= 0.3 is 12.5 Å². The second-order valence-electron chi connectivity index (χ2n) is 6.24. The molecule has 2 heterocycles. The van der Waals surface area contributed by atoms with Crippen molar-refractivity contribution in [1.29, 1.82) is 0 Å². The van der Waals surface area contributed by atoms with Gasteiger partial charge in [0.25, 0.3) is 5.91 Å². The van der Waals surface area contributed by atoms with Crippen LogP contribution in [0.2, 0.25) is 0 Å². The first-order valence-corrected chi connectivity index (χ1v) is 8.36. The van der Waals surface area contributed by atoms with Crippen LogP contribution < -0.4 is 9.47 Å². The molecule has 1 saturated heterocycles. The van der Waals surface area contributed by atoms with Crippen molar-refractivity contribution >= 4 is 5.91 Å². The normalized spacial score (nSPS) is 17.3. The summed E-state index contributed by atoms with van der Waals surface area (Å²) in [4.78, 5) is 17.6. The zero-order chi connectivity index (χ0) is 21.2. The molecule has 1 aliphatic rings. The lowest BCUT2D eigenvalue weighted by atomic mass is 10.2. The predicted octanol–water partition coefficient (Wildman–Crippen LogP) is 4.29. The zero-order valence-electron chi connectivity index (χ0n) is 14.6. The minimum absolute atomic E-state index is 0.00964. The van der Waals surface area contributed by atoms with Crippen LogP contribution in [0.1, 0.15) is 22.3 Å². The molecular formula is C18H14F6N2O3. The van der Waals surface area contributed by atoms with Crippen LogP contribution in [-0.4, -0.2) is 41.3 Å². The van der Waals surface area contributed by atoms with Crippen LogP contribution in [0.5, 0.6) is 11.6 Å². The van der Waals surface area contributed by atoms with Crippen LogP contribution >= 0.6 is 0 Å². The number of aromatic nitrogens is 1. The fraction of sp³-hybridized carbons (Fsp3) is 0.333. The van der Waals surface area contributed by atoms with Gasteiger partial charge < -0.3 is 14.4 Å². The van der Waals surface area contributed by atoms with Gasteiger partial charge in [-0.1, -0.05) is 6.07 Å². The molecule has 156 valence electrons. The molecule has 0 radical (unpaired) electrons. The number of halogens is 6. The van der Waals surface area contributed by atoms with Crippen molar-refractivity contribution < 1.29 is 40.6 Å². The van der Waals surface area contributed by atoms with Crippen LogP contribution in [-0.2, 0) is 6.18 Å². The molecule has 1 aromatic carbocycles. The second-order valence-corrected chi connectivity index (χ2v) is 6.24. The highest BCUT2D eigenvalue weighted by atomic mass is 19.4. The summed E-state index contributed by atoms with van der Waals surface area (Å²) in [5.41, 5.74) is -0.917. The Morgan fingerprint density at radius 2 is 1.86 bits per heavy atom. The van der Waals surface area contributed by atoms with Gasteiger partial charge in [0, 0.05) is 30.8 Å². The summed E-state index contributed by atoms with van der Waals surface area (Å²) in [7, 11) is 0. The molecule has 11 heteroatoms. The number of rotatable bonds is 4. The van der Waals surface area contributed by atoms with Gasteiger partial charge in [0.2, 0.25) is 5.88 Å². The number of benzene rings is 1. The van der Waals surface area contributed by atoms with E-state index in [1.165, 1.54) is 17.0 Å². The number of hydrogen-bond donors (Lipinski definition) is 0. The lowest BCUT2D eigenvalue weighted by Crippen LogP contribution is -2.31. The van der Waals surface area contributed by atoms with E-state index in [0.29, 0.717) is 6.42 Å². The van der Waals surface area contributed by atoms with Crippen LogP contribution in [0.25, 0.3) is 0 Å². The van der Waals surface area contributed by atoms with Crippen LogP contribution in [0, 0.1) is 0 Å². The topological polar surface area (TPSA) is 51.7 Å². The Kier molecular flexibility index (Phi) is 5.58. The fourth-order valence-electron chi connectivity index (χ4n) is 2.84. The SMILES string of the molecule is O=C(c1cccc(OC(F)(F)F)c1)N1CCC(Oc2cc(C(F)(F)F)ccn2)C1. The Morgan fingerprint density at radius 3 is 2.55 bits per heavy atom. The number of nitrogens with zero attached hydrogens (tertiary/aromatic N) is 2. The molecule has 2 aromatic rings. The molecule has 0 N–H and O–H groups in total. The monoisotopic (exact) mass is 420 g/mol. The van der Waals surface area contributed by atoms with Crippen LogP contribution in [0.3, 0.4) is 0 Å². The van der Waals surface area contributed by atoms with Gasteiger partial charge in [0.15, 0.2) is 0 Å². The van der Waals surface area contributed by atoms with E-state index >= 15 is 0 Å². The Labute approximate surface area is 160 Å². The maximum absolute atomic E-state index is 12.8. The number of amides is 1. The summed E-state index contributed by atoms with van der Waals surface area (Å²) in [5.74, 6) is -1.29. The van der Waals surface area contributed by atoms with Gasteiger partial charge in [0.05, 0.1) is 12.1 Å². The van der Waals surface area contributed by atoms with Gasteiger partial charge in [-0.05, 0) is 24.3 Å². The first kappa shape index (κ1) is 20.7. The average Bonchev–Trinajstić information content (AvgIpc) is 3.08. The lowest BCUT2D eigenvalue weighted by molar-refractivity contribution is -0.274. The second kappa shape index (κ2) is 7.80. The number of ether oxygens (including phenoxy) is 2. The molecule has 1 amide bonds. The highest BCUT2D eigenvalue weighted by Gasteiger charge is 2.33. The predicted molar refractivity (Wildman–Crippen MR) is 87.3 cm³/mol. The molecule has 1 fully saturated rings. The largest absolute Gasteiger partial charge is 0.573 e. The minimum atomic E-state index is -4.88. The number of pyridine rings is 1. The highest BCUT2D eigenvalue weighted by molar-refractivity contribution is 5.94. The third kappa shape index (κ3) is 5.52. The standard InChI is InChI=1S/C18H14F6N2O3/c19-17(20,21)12-4-6-25-15(9-12)28-14-5-7-26(10-14)16(27)11-2-1-3-13(8-11)29-18(22,23)24/h1-4,6,8-9,14H,5,7,10H2. The number of hydrogen-bond acceptors (Lipinski definition) is 4. The molecule has 0 aliphatic carbocycles. The first-order chi connectivity index (χ1) is 13.5. The average molecular weight is 420 g/mol. The molecule has 1 aromatic heterocycles. The van der Waals surface area contributed by atoms with Crippen molar-refractivity contribution in [3.8, 4) is 11.6 Å². The van der Waals surface area contributed by atoms with Crippen molar-refractivity contribution in [3.05, 3.63) is 53.7 Å². The Bertz CT molecular complexity index is 884. The van der Waals surface area contributed by atoms with Gasteiger partial charge in [-0.25, -0.2) is 4.98 Å². The molecule has 0 bridgehead atoms. The summed E-state index contributed by atoms with van der Waals surface area (Å²) < 4.78 is 84.5. The molecule has 1 aliphatic heterocycles. The third-order valence-corrected chi connectivity index (χ3v) is 4.10. The van der Waals surface area contributed by atoms with Crippen LogP contribution in [0.4, 0.5) is 26.3 Å². The van der Waals surface area contributed by atoms with E-state index in [9.17, 15) is 31.1 Å². The summed E-state index contributed by atoms with van der Waals surface area (Å²) >= 11 is 0. The number of carbonyl (C=O) groups is 1. The zero-order valence-corrected chi connectivity index (χ0v) is 14.6. The minimum Gasteiger partial charge on any atom is -0.472 e. The van der Waals surface area contributed by atoms with E-state index in [1.54, 1.807) is 0 Å². The first-order valence-electron chi connectivity index (χ1n) is 8.36. The van der Waals surface area contributed by atoms with Crippen molar-refractivity contribution in [1.82, 2.24) is 9.88 Å². The van der Waals surface area contributed by atoms with Crippen molar-refractivity contribution in [2.45, 2.75) is 25.1 Å². The van der Waals surface area contributed by atoms with Crippen molar-refractivity contribution in [3.63, 3.8) is 0 Å². The molecule has 3 rings (SSSR count). The molecule has 1 unspecified atom stereocenters. The number of likely N-dealkylation sites (tertiary alicyclic amines) is 1. The smallest absolute Gasteiger partial charge is 0.472 e. The van der Waals surface area contributed by atoms with Crippen LogP contribution in [0.15, 0.2) is 42.6 Å². The summed E-state index contributed by atoms with van der Waals surface area (Å²) in [6.45, 7) is 0.286. The highest BCUT2D eigenvalue weighted by Crippen LogP contribution is 2.31. The molecule has 29 heavy (non-hydrogen) atoms. The van der Waals surface area contributed by atoms with Crippen molar-refractivity contribution in [2.24, 2.45) is 0 Å². The molecule has 1 atom stereocenters. The summed E-state index contributed by atoms with van der Waals surface area (Å²) in [6, 6.07) is 6.21. The van der Waals surface area contributed by atoms with Gasteiger partial charge in [-0.3, -0.25) is 4.79 Å². The van der Waals surface area contributed by atoms with E-state index < -0.39 is 35.9 Å². The summed E-state index contributed by atoms with van der Waals surface area (Å²) in [6.07, 6.45) is -8.71. The molecule has 0 spiro atoms. The van der Waals surface area contributed by atoms with Gasteiger partial charge in [0.1, 0.15) is 11.9 Å². The molecule has 0 saturated carbocycles. The third-order valence-electron chi connectivity index (χ3n) is 4.10. The Morgan fingerprint density at radius 1 is 1.10 bits per heavy atom. The fourth-order valence-corrected chi connectivity index (χ4v) is 2.84. The van der Waals surface area contributed by atoms with Gasteiger partial charge in [-0.2, -0.15) is 13.2 Å². The van der Waals surface area contributed by atoms with E-state index in [2.05, 4.69) is 9.72 Å². The van der Waals surface area contributed by atoms with E-state index in [-0.39, 0.29) is 24.5 Å². The Hall–Kier alpha value is -2.98. The summed E-state index contributed by atoms with van der Waals surface area (Å²) in [5, 5.41) is 0. The van der Waals surface area contributed by atoms with E-state index in [4.69, 9.17) is 4.74 Å². The lowest BCUT2D eigenvalue weighted by Gasteiger charge is -2.18. The van der Waals surface area contributed by atoms with E-state index in [0.717, 1.165) is 30.5 Å². The maximum atomic E-state index is 12.8. The Balaban J connectivity index is 1.64. The molecule has 5 nitrogen and oxygen atoms in total. The van der Waals surface area contributed by atoms with E-state index in [1.807, 2.05) is 0 Å². The molecular weight excluding hydrogens is 406 g/mol. The van der Waals surface area contributed by atoms with Gasteiger partial charge in [-0.15, -0.1) is 13.2 Å². The quantitative estimate of drug-likeness (QED) is 0.693. The number of alkyl halides is 6.